The highest BCUT2D eigenvalue weighted by Gasteiger charge is 2.03. The molecule has 0 radical (unpaired) electrons. The number of anilines is 2. The fourth-order valence-corrected chi connectivity index (χ4v) is 2.03. The molecule has 0 atom stereocenters. The van der Waals surface area contributed by atoms with Crippen molar-refractivity contribution in [1.29, 1.82) is 0 Å². The molecule has 3 amide bonds. The lowest BCUT2D eigenvalue weighted by Crippen LogP contribution is -2.30. The van der Waals surface area contributed by atoms with Gasteiger partial charge in [-0.15, -0.1) is 0 Å². The zero-order valence-corrected chi connectivity index (χ0v) is 13.5. The number of nitrogens with one attached hydrogen (secondary N) is 3. The minimum Gasteiger partial charge on any atom is -0.494 e. The van der Waals surface area contributed by atoms with E-state index in [4.69, 9.17) is 4.74 Å². The van der Waals surface area contributed by atoms with Crippen LogP contribution in [0.15, 0.2) is 54.6 Å². The molecule has 0 aliphatic heterocycles. The smallest absolute Gasteiger partial charge is 0.319 e. The third kappa shape index (κ3) is 6.39. The van der Waals surface area contributed by atoms with Crippen molar-refractivity contribution in [2.45, 2.75) is 13.3 Å². The lowest BCUT2D eigenvalue weighted by atomic mass is 10.2. The van der Waals surface area contributed by atoms with Crippen molar-refractivity contribution >= 4 is 23.3 Å². The van der Waals surface area contributed by atoms with Crippen LogP contribution in [-0.2, 0) is 4.79 Å². The van der Waals surface area contributed by atoms with E-state index in [1.54, 1.807) is 24.3 Å². The number of urea groups is 1. The van der Waals surface area contributed by atoms with E-state index in [-0.39, 0.29) is 11.9 Å². The number of carbonyl (C=O) groups is 2. The molecular formula is C18H21N3O3. The number of hydrogen-bond acceptors (Lipinski definition) is 3. The number of amides is 3. The summed E-state index contributed by atoms with van der Waals surface area (Å²) in [7, 11) is 0. The Kier molecular flexibility index (Phi) is 6.64. The first-order chi connectivity index (χ1) is 11.6. The molecule has 0 fully saturated rings. The highest BCUT2D eigenvalue weighted by atomic mass is 16.5. The second-order valence-corrected chi connectivity index (χ2v) is 5.16. The van der Waals surface area contributed by atoms with Gasteiger partial charge in [-0.05, 0) is 36.8 Å². The predicted octanol–water partition coefficient (Wildman–Crippen LogP) is 3.24. The first-order valence-electron chi connectivity index (χ1n) is 7.74. The van der Waals surface area contributed by atoms with Gasteiger partial charge in [0.25, 0.3) is 0 Å². The molecule has 0 saturated carbocycles. The number of hydrogen-bond donors (Lipinski definition) is 3. The third-order valence-electron chi connectivity index (χ3n) is 3.06. The molecule has 6 heteroatoms. The van der Waals surface area contributed by atoms with Gasteiger partial charge in [-0.1, -0.05) is 24.3 Å². The monoisotopic (exact) mass is 327 g/mol. The number of ether oxygens (including phenoxy) is 1. The molecule has 0 unspecified atom stereocenters. The summed E-state index contributed by atoms with van der Waals surface area (Å²) in [5, 5.41) is 8.15. The maximum atomic E-state index is 11.8. The van der Waals surface area contributed by atoms with E-state index in [2.05, 4.69) is 16.0 Å². The first-order valence-corrected chi connectivity index (χ1v) is 7.74. The predicted molar refractivity (Wildman–Crippen MR) is 94.3 cm³/mol. The van der Waals surface area contributed by atoms with E-state index in [9.17, 15) is 9.59 Å². The van der Waals surface area contributed by atoms with Gasteiger partial charge >= 0.3 is 6.03 Å². The van der Waals surface area contributed by atoms with Crippen LogP contribution in [0.5, 0.6) is 5.75 Å². The van der Waals surface area contributed by atoms with Crippen molar-refractivity contribution in [2.24, 2.45) is 0 Å². The Hall–Kier alpha value is -3.02. The van der Waals surface area contributed by atoms with Gasteiger partial charge in [-0.25, -0.2) is 4.79 Å². The topological polar surface area (TPSA) is 79.5 Å². The van der Waals surface area contributed by atoms with Gasteiger partial charge < -0.3 is 20.7 Å². The Morgan fingerprint density at radius 2 is 1.67 bits per heavy atom. The van der Waals surface area contributed by atoms with Crippen LogP contribution in [-0.4, -0.2) is 25.1 Å². The lowest BCUT2D eigenvalue weighted by molar-refractivity contribution is -0.114. The number of para-hydroxylation sites is 1. The van der Waals surface area contributed by atoms with E-state index >= 15 is 0 Å². The van der Waals surface area contributed by atoms with Crippen molar-refractivity contribution in [2.75, 3.05) is 23.8 Å². The standard InChI is InChI=1S/C18H21N3O3/c1-14(22)20-15-7-5-8-16(13-15)21-18(23)19-11-6-12-24-17-9-3-2-4-10-17/h2-5,7-10,13H,6,11-12H2,1H3,(H,20,22)(H2,19,21,23). The summed E-state index contributed by atoms with van der Waals surface area (Å²) in [5.41, 5.74) is 1.25. The zero-order valence-electron chi connectivity index (χ0n) is 13.5. The van der Waals surface area contributed by atoms with E-state index < -0.39 is 0 Å². The van der Waals surface area contributed by atoms with Crippen LogP contribution < -0.4 is 20.7 Å². The Morgan fingerprint density at radius 3 is 2.38 bits per heavy atom. The Bertz CT molecular complexity index is 674. The third-order valence-corrected chi connectivity index (χ3v) is 3.06. The second kappa shape index (κ2) is 9.19. The maximum Gasteiger partial charge on any atom is 0.319 e. The van der Waals surface area contributed by atoms with Crippen LogP contribution in [0, 0.1) is 0 Å². The summed E-state index contributed by atoms with van der Waals surface area (Å²) in [6.45, 7) is 2.47. The van der Waals surface area contributed by atoms with Gasteiger partial charge in [0.2, 0.25) is 5.91 Å². The van der Waals surface area contributed by atoms with E-state index in [1.807, 2.05) is 30.3 Å². The molecule has 2 rings (SSSR count). The van der Waals surface area contributed by atoms with Crippen LogP contribution in [0.3, 0.4) is 0 Å². The van der Waals surface area contributed by atoms with Gasteiger partial charge in [-0.3, -0.25) is 4.79 Å². The Morgan fingerprint density at radius 1 is 0.958 bits per heavy atom. The van der Waals surface area contributed by atoms with Gasteiger partial charge in [0.1, 0.15) is 5.75 Å². The van der Waals surface area contributed by atoms with Crippen LogP contribution in [0.2, 0.25) is 0 Å². The lowest BCUT2D eigenvalue weighted by Gasteiger charge is -2.10. The van der Waals surface area contributed by atoms with Crippen molar-refractivity contribution in [3.8, 4) is 5.75 Å². The summed E-state index contributed by atoms with van der Waals surface area (Å²) < 4.78 is 5.55. The summed E-state index contributed by atoms with van der Waals surface area (Å²) in [6.07, 6.45) is 0.703. The van der Waals surface area contributed by atoms with Gasteiger partial charge in [0, 0.05) is 24.8 Å². The molecule has 0 aliphatic rings. The highest BCUT2D eigenvalue weighted by Crippen LogP contribution is 2.14. The Balaban J connectivity index is 1.67. The van der Waals surface area contributed by atoms with Crippen LogP contribution in [0.1, 0.15) is 13.3 Å². The summed E-state index contributed by atoms with van der Waals surface area (Å²) in [5.74, 6) is 0.659. The molecular weight excluding hydrogens is 306 g/mol. The van der Waals surface area contributed by atoms with Gasteiger partial charge in [0.15, 0.2) is 0 Å². The molecule has 126 valence electrons. The molecule has 0 spiro atoms. The maximum absolute atomic E-state index is 11.8. The van der Waals surface area contributed by atoms with Crippen LogP contribution >= 0.6 is 0 Å². The zero-order chi connectivity index (χ0) is 17.2. The van der Waals surface area contributed by atoms with Crippen molar-refractivity contribution in [3.05, 3.63) is 54.6 Å². The SMILES string of the molecule is CC(=O)Nc1cccc(NC(=O)NCCCOc2ccccc2)c1. The van der Waals surface area contributed by atoms with Crippen molar-refractivity contribution < 1.29 is 14.3 Å². The minimum atomic E-state index is -0.297. The first kappa shape index (κ1) is 17.3. The molecule has 0 bridgehead atoms. The quantitative estimate of drug-likeness (QED) is 0.683. The fourth-order valence-electron chi connectivity index (χ4n) is 2.03. The Labute approximate surface area is 141 Å². The fraction of sp³-hybridized carbons (Fsp3) is 0.222. The molecule has 2 aromatic rings. The molecule has 3 N–H and O–H groups in total. The molecule has 0 aromatic heterocycles. The number of carbonyl (C=O) groups excluding carboxylic acids is 2. The minimum absolute atomic E-state index is 0.157. The summed E-state index contributed by atoms with van der Waals surface area (Å²) >= 11 is 0. The molecule has 0 saturated heterocycles. The van der Waals surface area contributed by atoms with Gasteiger partial charge in [-0.2, -0.15) is 0 Å². The van der Waals surface area contributed by atoms with Crippen molar-refractivity contribution in [3.63, 3.8) is 0 Å². The van der Waals surface area contributed by atoms with E-state index in [0.717, 1.165) is 5.75 Å². The van der Waals surface area contributed by atoms with Crippen LogP contribution in [0.4, 0.5) is 16.2 Å². The summed E-state index contributed by atoms with van der Waals surface area (Å²) in [4.78, 5) is 22.9. The van der Waals surface area contributed by atoms with E-state index in [1.165, 1.54) is 6.92 Å². The van der Waals surface area contributed by atoms with Gasteiger partial charge in [0.05, 0.1) is 6.61 Å². The summed E-state index contributed by atoms with van der Waals surface area (Å²) in [6, 6.07) is 16.2. The number of benzene rings is 2. The molecule has 24 heavy (non-hydrogen) atoms. The highest BCUT2D eigenvalue weighted by molar-refractivity contribution is 5.92. The average molecular weight is 327 g/mol. The second-order valence-electron chi connectivity index (χ2n) is 5.16. The molecule has 0 aliphatic carbocycles. The normalized spacial score (nSPS) is 9.88. The van der Waals surface area contributed by atoms with Crippen molar-refractivity contribution in [1.82, 2.24) is 5.32 Å². The van der Waals surface area contributed by atoms with E-state index in [0.29, 0.717) is 30.9 Å². The molecule has 2 aromatic carbocycles. The average Bonchev–Trinajstić information content (AvgIpc) is 2.55. The molecule has 0 heterocycles. The largest absolute Gasteiger partial charge is 0.494 e. The molecule has 6 nitrogen and oxygen atoms in total. The number of rotatable bonds is 7. The van der Waals surface area contributed by atoms with Crippen LogP contribution in [0.25, 0.3) is 0 Å².